The van der Waals surface area contributed by atoms with Gasteiger partial charge in [0.15, 0.2) is 5.82 Å². The third kappa shape index (κ3) is 4.70. The van der Waals surface area contributed by atoms with Crippen molar-refractivity contribution in [2.24, 2.45) is 5.92 Å². The van der Waals surface area contributed by atoms with Crippen molar-refractivity contribution in [2.45, 2.75) is 19.4 Å². The number of ether oxygens (including phenoxy) is 1. The van der Waals surface area contributed by atoms with Crippen LogP contribution in [0.2, 0.25) is 5.02 Å². The first-order valence-electron chi connectivity index (χ1n) is 11.4. The highest BCUT2D eigenvalue weighted by molar-refractivity contribution is 6.30. The van der Waals surface area contributed by atoms with Gasteiger partial charge in [-0.3, -0.25) is 4.79 Å². The fourth-order valence-corrected chi connectivity index (χ4v) is 4.59. The number of piperidine rings is 1. The largest absolute Gasteiger partial charge is 0.497 e. The molecule has 3 heterocycles. The molecule has 2 aromatic carbocycles. The summed E-state index contributed by atoms with van der Waals surface area (Å²) in [5.41, 5.74) is 3.75. The highest BCUT2D eigenvalue weighted by Gasteiger charge is 2.27. The van der Waals surface area contributed by atoms with Crippen LogP contribution < -0.4 is 15.0 Å². The van der Waals surface area contributed by atoms with Crippen LogP contribution in [0.1, 0.15) is 18.4 Å². The Morgan fingerprint density at radius 1 is 1.21 bits per heavy atom. The summed E-state index contributed by atoms with van der Waals surface area (Å²) in [7, 11) is 1.64. The van der Waals surface area contributed by atoms with Crippen LogP contribution in [0.4, 0.5) is 5.82 Å². The van der Waals surface area contributed by atoms with Crippen molar-refractivity contribution in [2.75, 3.05) is 25.1 Å². The Bertz CT molecular complexity index is 1300. The number of carbonyl (C=O) groups is 1. The van der Waals surface area contributed by atoms with E-state index in [-0.39, 0.29) is 11.8 Å². The molecule has 34 heavy (non-hydrogen) atoms. The molecule has 1 atom stereocenters. The third-order valence-corrected chi connectivity index (χ3v) is 6.44. The molecule has 0 bridgehead atoms. The van der Waals surface area contributed by atoms with Crippen LogP contribution in [-0.2, 0) is 11.3 Å². The zero-order valence-electron chi connectivity index (χ0n) is 18.9. The first-order chi connectivity index (χ1) is 16.6. The number of methoxy groups -OCH3 is 1. The van der Waals surface area contributed by atoms with Crippen LogP contribution in [0.25, 0.3) is 16.8 Å². The molecule has 2 aromatic heterocycles. The summed E-state index contributed by atoms with van der Waals surface area (Å²) in [5.74, 6) is 1.62. The molecule has 1 amide bonds. The van der Waals surface area contributed by atoms with E-state index >= 15 is 0 Å². The van der Waals surface area contributed by atoms with Crippen molar-refractivity contribution >= 4 is 28.8 Å². The van der Waals surface area contributed by atoms with Gasteiger partial charge in [0.05, 0.1) is 18.7 Å². The summed E-state index contributed by atoms with van der Waals surface area (Å²) in [6.07, 6.45) is 5.39. The van der Waals surface area contributed by atoms with Crippen LogP contribution in [0.3, 0.4) is 0 Å². The number of nitrogens with zero attached hydrogens (tertiary/aromatic N) is 4. The smallest absolute Gasteiger partial charge is 0.225 e. The maximum absolute atomic E-state index is 12.9. The van der Waals surface area contributed by atoms with Gasteiger partial charge in [-0.2, -0.15) is 5.10 Å². The van der Waals surface area contributed by atoms with Gasteiger partial charge in [0.1, 0.15) is 11.3 Å². The van der Waals surface area contributed by atoms with Crippen LogP contribution >= 0.6 is 11.6 Å². The maximum Gasteiger partial charge on any atom is 0.225 e. The number of hydrogen-bond acceptors (Lipinski definition) is 5. The van der Waals surface area contributed by atoms with Gasteiger partial charge in [-0.05, 0) is 48.7 Å². The minimum atomic E-state index is -0.0932. The summed E-state index contributed by atoms with van der Waals surface area (Å²) in [5, 5.41) is 8.48. The van der Waals surface area contributed by atoms with E-state index in [1.54, 1.807) is 13.3 Å². The van der Waals surface area contributed by atoms with Crippen molar-refractivity contribution < 1.29 is 9.53 Å². The number of aromatic nitrogens is 3. The van der Waals surface area contributed by atoms with Gasteiger partial charge >= 0.3 is 0 Å². The van der Waals surface area contributed by atoms with E-state index in [0.717, 1.165) is 53.3 Å². The van der Waals surface area contributed by atoms with Crippen LogP contribution in [0.5, 0.6) is 5.75 Å². The number of anilines is 1. The number of hydrogen-bond donors (Lipinski definition) is 1. The molecule has 0 saturated carbocycles. The number of benzene rings is 2. The van der Waals surface area contributed by atoms with Gasteiger partial charge < -0.3 is 15.0 Å². The topological polar surface area (TPSA) is 71.8 Å². The zero-order chi connectivity index (χ0) is 23.5. The Kier molecular flexibility index (Phi) is 6.36. The highest BCUT2D eigenvalue weighted by Crippen LogP contribution is 2.29. The summed E-state index contributed by atoms with van der Waals surface area (Å²) in [6, 6.07) is 17.4. The van der Waals surface area contributed by atoms with E-state index in [9.17, 15) is 4.79 Å². The van der Waals surface area contributed by atoms with Crippen LogP contribution in [-0.4, -0.2) is 40.7 Å². The molecule has 174 valence electrons. The van der Waals surface area contributed by atoms with Crippen LogP contribution in [0.15, 0.2) is 67.0 Å². The second kappa shape index (κ2) is 9.73. The van der Waals surface area contributed by atoms with Gasteiger partial charge in [-0.25, -0.2) is 9.50 Å². The molecule has 0 unspecified atom stereocenters. The average molecular weight is 476 g/mol. The van der Waals surface area contributed by atoms with Crippen molar-refractivity contribution in [3.05, 3.63) is 77.6 Å². The highest BCUT2D eigenvalue weighted by atomic mass is 35.5. The van der Waals surface area contributed by atoms with Crippen molar-refractivity contribution in [1.29, 1.82) is 0 Å². The predicted octanol–water partition coefficient (Wildman–Crippen LogP) is 4.59. The number of fused-ring (bicyclic) bond motifs is 1. The lowest BCUT2D eigenvalue weighted by Crippen LogP contribution is -2.43. The Balaban J connectivity index is 1.31. The SMILES string of the molecule is COc1ccc(CNC(=O)[C@@H]2CCCN(c3nccn4nc(-c5cccc(Cl)c5)cc34)C2)cc1. The lowest BCUT2D eigenvalue weighted by atomic mass is 9.97. The molecule has 1 N–H and O–H groups in total. The average Bonchev–Trinajstić information content (AvgIpc) is 3.32. The lowest BCUT2D eigenvalue weighted by Gasteiger charge is -2.33. The van der Waals surface area contributed by atoms with Gasteiger partial charge in [0, 0.05) is 42.6 Å². The molecule has 1 aliphatic heterocycles. The fraction of sp³-hybridized carbons (Fsp3) is 0.269. The molecule has 5 rings (SSSR count). The lowest BCUT2D eigenvalue weighted by molar-refractivity contribution is -0.125. The Morgan fingerprint density at radius 2 is 2.06 bits per heavy atom. The Hall–Kier alpha value is -3.58. The summed E-state index contributed by atoms with van der Waals surface area (Å²) >= 11 is 6.17. The predicted molar refractivity (Wildman–Crippen MR) is 133 cm³/mol. The molecule has 0 aliphatic carbocycles. The van der Waals surface area contributed by atoms with E-state index in [0.29, 0.717) is 18.1 Å². The van der Waals surface area contributed by atoms with Crippen molar-refractivity contribution in [3.63, 3.8) is 0 Å². The van der Waals surface area contributed by atoms with Gasteiger partial charge in [0.2, 0.25) is 5.91 Å². The van der Waals surface area contributed by atoms with E-state index in [1.165, 1.54) is 0 Å². The summed E-state index contributed by atoms with van der Waals surface area (Å²) in [4.78, 5) is 19.8. The first-order valence-corrected chi connectivity index (χ1v) is 11.7. The molecule has 1 aliphatic rings. The number of halogens is 1. The zero-order valence-corrected chi connectivity index (χ0v) is 19.7. The normalized spacial score (nSPS) is 15.9. The summed E-state index contributed by atoms with van der Waals surface area (Å²) in [6.45, 7) is 1.98. The Morgan fingerprint density at radius 3 is 2.85 bits per heavy atom. The van der Waals surface area contributed by atoms with Gasteiger partial charge in [-0.1, -0.05) is 35.9 Å². The van der Waals surface area contributed by atoms with Crippen molar-refractivity contribution in [1.82, 2.24) is 19.9 Å². The molecule has 0 radical (unpaired) electrons. The van der Waals surface area contributed by atoms with Crippen molar-refractivity contribution in [3.8, 4) is 17.0 Å². The quantitative estimate of drug-likeness (QED) is 0.441. The van der Waals surface area contributed by atoms with E-state index in [1.807, 2.05) is 65.3 Å². The fourth-order valence-electron chi connectivity index (χ4n) is 4.40. The Labute approximate surface area is 203 Å². The molecular weight excluding hydrogens is 450 g/mol. The second-order valence-electron chi connectivity index (χ2n) is 8.47. The minimum absolute atomic E-state index is 0.0700. The standard InChI is InChI=1S/C26H26ClN5O2/c1-34-22-9-7-18(8-10-22)16-29-26(33)20-5-3-12-31(17-20)25-24-15-23(30-32(24)13-11-28-25)19-4-2-6-21(27)14-19/h2,4,6-11,13-15,20H,3,5,12,16-17H2,1H3,(H,29,33)/t20-/m1/s1. The molecule has 0 spiro atoms. The molecule has 7 nitrogen and oxygen atoms in total. The third-order valence-electron chi connectivity index (χ3n) is 6.21. The number of rotatable bonds is 6. The number of amides is 1. The van der Waals surface area contributed by atoms with Gasteiger partial charge in [-0.15, -0.1) is 0 Å². The summed E-state index contributed by atoms with van der Waals surface area (Å²) < 4.78 is 7.03. The van der Waals surface area contributed by atoms with Gasteiger partial charge in [0.25, 0.3) is 0 Å². The minimum Gasteiger partial charge on any atom is -0.497 e. The molecular formula is C26H26ClN5O2. The second-order valence-corrected chi connectivity index (χ2v) is 8.91. The number of carbonyl (C=O) groups excluding carboxylic acids is 1. The molecule has 4 aromatic rings. The van der Waals surface area contributed by atoms with E-state index in [2.05, 4.69) is 15.2 Å². The monoisotopic (exact) mass is 475 g/mol. The maximum atomic E-state index is 12.9. The molecule has 1 fully saturated rings. The van der Waals surface area contributed by atoms with E-state index < -0.39 is 0 Å². The first kappa shape index (κ1) is 22.2. The van der Waals surface area contributed by atoms with E-state index in [4.69, 9.17) is 21.4 Å². The van der Waals surface area contributed by atoms with Crippen LogP contribution in [0, 0.1) is 5.92 Å². The molecule has 1 saturated heterocycles. The molecule has 8 heteroatoms. The number of nitrogens with one attached hydrogen (secondary N) is 1.